The molecule has 1 aliphatic carbocycles. The van der Waals surface area contributed by atoms with Gasteiger partial charge in [-0.1, -0.05) is 117 Å². The number of nitrogens with zero attached hydrogens (tertiary/aromatic N) is 1. The van der Waals surface area contributed by atoms with Gasteiger partial charge in [-0.3, -0.25) is 0 Å². The molecule has 0 aliphatic heterocycles. The highest BCUT2D eigenvalue weighted by Crippen LogP contribution is 2.50. The van der Waals surface area contributed by atoms with Crippen molar-refractivity contribution < 1.29 is 0 Å². The van der Waals surface area contributed by atoms with Crippen LogP contribution in [0.5, 0.6) is 0 Å². The van der Waals surface area contributed by atoms with E-state index in [4.69, 9.17) is 0 Å². The average Bonchev–Trinajstić information content (AvgIpc) is 3.23. The second-order valence-electron chi connectivity index (χ2n) is 11.4. The number of rotatable bonds is 3. The maximum Gasteiger partial charge on any atom is 0.0468 e. The van der Waals surface area contributed by atoms with Crippen LogP contribution in [0.4, 0.5) is 17.1 Å². The molecule has 0 heterocycles. The van der Waals surface area contributed by atoms with Crippen LogP contribution in [-0.4, -0.2) is 0 Å². The molecule has 0 atom stereocenters. The van der Waals surface area contributed by atoms with Crippen LogP contribution in [0.3, 0.4) is 0 Å². The van der Waals surface area contributed by atoms with Crippen LogP contribution in [0.2, 0.25) is 0 Å². The van der Waals surface area contributed by atoms with E-state index in [0.717, 1.165) is 11.4 Å². The SMILES string of the molecule is CC1(C)c2ccccc2-c2cc(N(c3ccccc3)c3ccc4c(ccc5c6ccccc6ccc45)c3)ccc21. The predicted octanol–water partition coefficient (Wildman–Crippen LogP) is 10.9. The first-order chi connectivity index (χ1) is 19.6. The van der Waals surface area contributed by atoms with E-state index < -0.39 is 0 Å². The Labute approximate surface area is 234 Å². The van der Waals surface area contributed by atoms with Gasteiger partial charge in [-0.2, -0.15) is 0 Å². The first-order valence-electron chi connectivity index (χ1n) is 14.0. The van der Waals surface area contributed by atoms with Gasteiger partial charge in [-0.05, 0) is 91.0 Å². The van der Waals surface area contributed by atoms with Crippen LogP contribution in [0.1, 0.15) is 25.0 Å². The van der Waals surface area contributed by atoms with Crippen molar-refractivity contribution in [3.8, 4) is 11.1 Å². The molecule has 0 saturated heterocycles. The van der Waals surface area contributed by atoms with E-state index in [9.17, 15) is 0 Å². The molecule has 0 saturated carbocycles. The fourth-order valence-electron chi connectivity index (χ4n) is 6.83. The molecule has 0 fully saturated rings. The molecule has 7 aromatic rings. The highest BCUT2D eigenvalue weighted by atomic mass is 15.1. The number of benzene rings is 7. The van der Waals surface area contributed by atoms with Crippen molar-refractivity contribution in [2.24, 2.45) is 0 Å². The Kier molecular flexibility index (Phi) is 4.93. The third-order valence-electron chi connectivity index (χ3n) is 8.82. The number of fused-ring (bicyclic) bond motifs is 8. The van der Waals surface area contributed by atoms with Crippen molar-refractivity contribution in [3.63, 3.8) is 0 Å². The number of hydrogen-bond donors (Lipinski definition) is 0. The molecule has 0 N–H and O–H groups in total. The second kappa shape index (κ2) is 8.56. The quantitative estimate of drug-likeness (QED) is 0.213. The molecule has 40 heavy (non-hydrogen) atoms. The van der Waals surface area contributed by atoms with E-state index >= 15 is 0 Å². The van der Waals surface area contributed by atoms with Gasteiger partial charge < -0.3 is 4.90 Å². The van der Waals surface area contributed by atoms with Crippen molar-refractivity contribution in [2.75, 3.05) is 4.90 Å². The molecule has 190 valence electrons. The third-order valence-corrected chi connectivity index (χ3v) is 8.82. The molecule has 0 bridgehead atoms. The van der Waals surface area contributed by atoms with Crippen LogP contribution >= 0.6 is 0 Å². The summed E-state index contributed by atoms with van der Waals surface area (Å²) in [5.74, 6) is 0. The van der Waals surface area contributed by atoms with Gasteiger partial charge >= 0.3 is 0 Å². The normalized spacial score (nSPS) is 13.4. The Hall–Kier alpha value is -4.88. The first kappa shape index (κ1) is 23.0. The molecule has 1 heteroatoms. The zero-order chi connectivity index (χ0) is 26.8. The minimum atomic E-state index is -0.00376. The lowest BCUT2D eigenvalue weighted by Gasteiger charge is -2.27. The lowest BCUT2D eigenvalue weighted by molar-refractivity contribution is 0.660. The Morgan fingerprint density at radius 3 is 1.85 bits per heavy atom. The van der Waals surface area contributed by atoms with Crippen LogP contribution in [0.15, 0.2) is 140 Å². The van der Waals surface area contributed by atoms with E-state index in [0.29, 0.717) is 0 Å². The molecule has 0 unspecified atom stereocenters. The monoisotopic (exact) mass is 511 g/mol. The van der Waals surface area contributed by atoms with Gasteiger partial charge in [0.15, 0.2) is 0 Å². The Morgan fingerprint density at radius 1 is 0.400 bits per heavy atom. The van der Waals surface area contributed by atoms with Crippen molar-refractivity contribution >= 4 is 49.4 Å². The summed E-state index contributed by atoms with van der Waals surface area (Å²) in [6.07, 6.45) is 0. The van der Waals surface area contributed by atoms with E-state index in [1.54, 1.807) is 0 Å². The van der Waals surface area contributed by atoms with E-state index in [1.807, 2.05) is 0 Å². The zero-order valence-corrected chi connectivity index (χ0v) is 22.7. The summed E-state index contributed by atoms with van der Waals surface area (Å²) < 4.78 is 0. The third kappa shape index (κ3) is 3.34. The molecule has 1 nitrogen and oxygen atoms in total. The molecule has 0 amide bonds. The molecule has 8 rings (SSSR count). The zero-order valence-electron chi connectivity index (χ0n) is 22.7. The van der Waals surface area contributed by atoms with Crippen molar-refractivity contribution in [1.82, 2.24) is 0 Å². The van der Waals surface area contributed by atoms with Crippen LogP contribution in [0.25, 0.3) is 43.4 Å². The van der Waals surface area contributed by atoms with Gasteiger partial charge in [0.1, 0.15) is 0 Å². The molecule has 7 aromatic carbocycles. The van der Waals surface area contributed by atoms with Crippen molar-refractivity contribution in [2.45, 2.75) is 19.3 Å². The summed E-state index contributed by atoms with van der Waals surface area (Å²) in [5.41, 5.74) is 8.94. The van der Waals surface area contributed by atoms with Gasteiger partial charge in [-0.25, -0.2) is 0 Å². The lowest BCUT2D eigenvalue weighted by atomic mass is 9.82. The molecular weight excluding hydrogens is 482 g/mol. The Bertz CT molecular complexity index is 2080. The van der Waals surface area contributed by atoms with E-state index in [2.05, 4.69) is 158 Å². The molecule has 1 aliphatic rings. The van der Waals surface area contributed by atoms with E-state index in [1.165, 1.54) is 60.3 Å². The number of anilines is 3. The Morgan fingerprint density at radius 2 is 1.00 bits per heavy atom. The van der Waals surface area contributed by atoms with Crippen LogP contribution < -0.4 is 4.90 Å². The largest absolute Gasteiger partial charge is 0.310 e. The van der Waals surface area contributed by atoms with Gasteiger partial charge in [0.05, 0.1) is 0 Å². The maximum absolute atomic E-state index is 2.39. The van der Waals surface area contributed by atoms with Gasteiger partial charge in [-0.15, -0.1) is 0 Å². The summed E-state index contributed by atoms with van der Waals surface area (Å²) in [6.45, 7) is 4.67. The van der Waals surface area contributed by atoms with Crippen molar-refractivity contribution in [1.29, 1.82) is 0 Å². The number of para-hydroxylation sites is 1. The maximum atomic E-state index is 2.39. The molecular formula is C39H29N. The first-order valence-corrected chi connectivity index (χ1v) is 14.0. The predicted molar refractivity (Wildman–Crippen MR) is 171 cm³/mol. The minimum Gasteiger partial charge on any atom is -0.310 e. The smallest absolute Gasteiger partial charge is 0.0468 e. The fourth-order valence-corrected chi connectivity index (χ4v) is 6.83. The van der Waals surface area contributed by atoms with Crippen LogP contribution in [0, 0.1) is 0 Å². The number of hydrogen-bond acceptors (Lipinski definition) is 1. The minimum absolute atomic E-state index is 0.00376. The average molecular weight is 512 g/mol. The summed E-state index contributed by atoms with van der Waals surface area (Å²) in [6, 6.07) is 51.2. The van der Waals surface area contributed by atoms with Crippen LogP contribution in [-0.2, 0) is 5.41 Å². The van der Waals surface area contributed by atoms with Gasteiger partial charge in [0, 0.05) is 22.5 Å². The van der Waals surface area contributed by atoms with Gasteiger partial charge in [0.25, 0.3) is 0 Å². The highest BCUT2D eigenvalue weighted by Gasteiger charge is 2.35. The second-order valence-corrected chi connectivity index (χ2v) is 11.4. The topological polar surface area (TPSA) is 3.24 Å². The Balaban J connectivity index is 1.32. The standard InChI is InChI=1S/C39H29N/c1-39(2)37-15-9-8-14-35(37)36-25-30(19-23-38(36)39)40(28-11-4-3-5-12-28)29-18-22-32-27(24-29)17-21-33-31-13-7-6-10-26(31)16-20-34(32)33/h3-25H,1-2H3. The molecule has 0 radical (unpaired) electrons. The lowest BCUT2D eigenvalue weighted by Crippen LogP contribution is -2.15. The van der Waals surface area contributed by atoms with Gasteiger partial charge in [0.2, 0.25) is 0 Å². The summed E-state index contributed by atoms with van der Waals surface area (Å²) in [5, 5.41) is 7.71. The molecule has 0 aromatic heterocycles. The van der Waals surface area contributed by atoms with E-state index in [-0.39, 0.29) is 5.41 Å². The highest BCUT2D eigenvalue weighted by molar-refractivity contribution is 6.17. The molecule has 0 spiro atoms. The summed E-state index contributed by atoms with van der Waals surface area (Å²) >= 11 is 0. The summed E-state index contributed by atoms with van der Waals surface area (Å²) in [7, 11) is 0. The van der Waals surface area contributed by atoms with Crippen molar-refractivity contribution in [3.05, 3.63) is 151 Å². The summed E-state index contributed by atoms with van der Waals surface area (Å²) in [4.78, 5) is 2.39. The fraction of sp³-hybridized carbons (Fsp3) is 0.0769.